The van der Waals surface area contributed by atoms with Gasteiger partial charge in [-0.2, -0.15) is 0 Å². The molecule has 0 fully saturated rings. The van der Waals surface area contributed by atoms with E-state index in [0.717, 1.165) is 6.42 Å². The van der Waals surface area contributed by atoms with Crippen molar-refractivity contribution in [3.05, 3.63) is 35.4 Å². The molecule has 1 aromatic rings. The Bertz CT molecular complexity index is 443. The minimum absolute atomic E-state index is 0.0809. The van der Waals surface area contributed by atoms with Gasteiger partial charge in [0.05, 0.1) is 5.60 Å². The van der Waals surface area contributed by atoms with Crippen LogP contribution in [0.25, 0.3) is 0 Å². The second-order valence-electron chi connectivity index (χ2n) is 5.60. The Hall–Kier alpha value is -1.48. The maximum atomic E-state index is 10.3. The Labute approximate surface area is 115 Å². The number of rotatable bonds is 6. The summed E-state index contributed by atoms with van der Waals surface area (Å²) in [6.07, 6.45) is 4.75. The Morgan fingerprint density at radius 3 is 2.53 bits per heavy atom. The number of phenolic OH excluding ortho intramolecular Hbond substituents is 2. The van der Waals surface area contributed by atoms with Crippen LogP contribution in [0.4, 0.5) is 0 Å². The van der Waals surface area contributed by atoms with Gasteiger partial charge >= 0.3 is 0 Å². The molecule has 19 heavy (non-hydrogen) atoms. The third kappa shape index (κ3) is 5.35. The highest BCUT2D eigenvalue weighted by molar-refractivity contribution is 5.44. The number of aromatic hydroxyl groups is 2. The van der Waals surface area contributed by atoms with Crippen LogP contribution in [-0.2, 0) is 6.42 Å². The van der Waals surface area contributed by atoms with E-state index in [9.17, 15) is 15.3 Å². The maximum absolute atomic E-state index is 10.3. The summed E-state index contributed by atoms with van der Waals surface area (Å²) in [6, 6.07) is 4.91. The Balaban J connectivity index is 2.55. The maximum Gasteiger partial charge on any atom is 0.160 e. The zero-order valence-electron chi connectivity index (χ0n) is 12.0. The zero-order valence-corrected chi connectivity index (χ0v) is 12.0. The molecule has 1 aromatic carbocycles. The first-order valence-electron chi connectivity index (χ1n) is 6.67. The SMILES string of the molecule is CC(C)=CCCC(C)(O)CCc1cccc(O)c1O. The lowest BCUT2D eigenvalue weighted by molar-refractivity contribution is 0.0431. The first-order valence-corrected chi connectivity index (χ1v) is 6.67. The quantitative estimate of drug-likeness (QED) is 0.544. The second kappa shape index (κ2) is 6.62. The minimum atomic E-state index is -0.760. The number of hydrogen-bond acceptors (Lipinski definition) is 3. The molecule has 0 aromatic heterocycles. The van der Waals surface area contributed by atoms with Crippen LogP contribution >= 0.6 is 0 Å². The molecule has 0 amide bonds. The summed E-state index contributed by atoms with van der Waals surface area (Å²) in [6.45, 7) is 5.89. The first kappa shape index (κ1) is 15.6. The summed E-state index contributed by atoms with van der Waals surface area (Å²) >= 11 is 0. The smallest absolute Gasteiger partial charge is 0.160 e. The molecular weight excluding hydrogens is 240 g/mol. The van der Waals surface area contributed by atoms with Crippen molar-refractivity contribution in [1.29, 1.82) is 0 Å². The lowest BCUT2D eigenvalue weighted by Gasteiger charge is -2.23. The van der Waals surface area contributed by atoms with Gasteiger partial charge < -0.3 is 15.3 Å². The molecular formula is C16H24O3. The topological polar surface area (TPSA) is 60.7 Å². The third-order valence-electron chi connectivity index (χ3n) is 3.27. The third-order valence-corrected chi connectivity index (χ3v) is 3.27. The van der Waals surface area contributed by atoms with Gasteiger partial charge in [0.25, 0.3) is 0 Å². The number of para-hydroxylation sites is 1. The molecule has 0 aliphatic heterocycles. The van der Waals surface area contributed by atoms with Crippen LogP contribution in [-0.4, -0.2) is 20.9 Å². The molecule has 0 aliphatic carbocycles. The average Bonchev–Trinajstić information content (AvgIpc) is 2.30. The number of benzene rings is 1. The highest BCUT2D eigenvalue weighted by atomic mass is 16.3. The van der Waals surface area contributed by atoms with E-state index < -0.39 is 5.60 Å². The lowest BCUT2D eigenvalue weighted by Crippen LogP contribution is -2.24. The van der Waals surface area contributed by atoms with Crippen molar-refractivity contribution in [3.8, 4) is 11.5 Å². The van der Waals surface area contributed by atoms with E-state index in [1.165, 1.54) is 11.6 Å². The van der Waals surface area contributed by atoms with Gasteiger partial charge in [0.1, 0.15) is 0 Å². The zero-order chi connectivity index (χ0) is 14.5. The van der Waals surface area contributed by atoms with Crippen LogP contribution in [0, 0.1) is 0 Å². The van der Waals surface area contributed by atoms with Crippen LogP contribution in [0.3, 0.4) is 0 Å². The monoisotopic (exact) mass is 264 g/mol. The summed E-state index contributed by atoms with van der Waals surface area (Å²) in [5.74, 6) is -0.190. The first-order chi connectivity index (χ1) is 8.82. The van der Waals surface area contributed by atoms with Crippen molar-refractivity contribution >= 4 is 0 Å². The van der Waals surface area contributed by atoms with E-state index in [1.807, 2.05) is 20.8 Å². The summed E-state index contributed by atoms with van der Waals surface area (Å²) in [5.41, 5.74) is 1.16. The molecule has 3 nitrogen and oxygen atoms in total. The van der Waals surface area contributed by atoms with Gasteiger partial charge in [-0.15, -0.1) is 0 Å². The van der Waals surface area contributed by atoms with Crippen molar-refractivity contribution in [2.24, 2.45) is 0 Å². The molecule has 1 rings (SSSR count). The molecule has 0 heterocycles. The van der Waals surface area contributed by atoms with Crippen LogP contribution < -0.4 is 0 Å². The molecule has 0 aliphatic rings. The second-order valence-corrected chi connectivity index (χ2v) is 5.60. The summed E-state index contributed by atoms with van der Waals surface area (Å²) in [5, 5.41) is 29.4. The van der Waals surface area contributed by atoms with Crippen molar-refractivity contribution in [1.82, 2.24) is 0 Å². The Kier molecular flexibility index (Phi) is 5.43. The standard InChI is InChI=1S/C16H24O3/c1-12(2)6-5-10-16(3,19)11-9-13-7-4-8-14(17)15(13)18/h4,6-8,17-19H,5,9-11H2,1-3H3. The highest BCUT2D eigenvalue weighted by Gasteiger charge is 2.20. The van der Waals surface area contributed by atoms with Crippen LogP contribution in [0.15, 0.2) is 29.8 Å². The van der Waals surface area contributed by atoms with Gasteiger partial charge in [-0.1, -0.05) is 23.8 Å². The molecule has 0 spiro atoms. The lowest BCUT2D eigenvalue weighted by atomic mass is 9.91. The summed E-state index contributed by atoms with van der Waals surface area (Å²) in [4.78, 5) is 0. The largest absolute Gasteiger partial charge is 0.504 e. The highest BCUT2D eigenvalue weighted by Crippen LogP contribution is 2.30. The van der Waals surface area contributed by atoms with E-state index in [-0.39, 0.29) is 11.5 Å². The van der Waals surface area contributed by atoms with E-state index in [4.69, 9.17) is 0 Å². The van der Waals surface area contributed by atoms with Crippen molar-refractivity contribution in [2.75, 3.05) is 0 Å². The van der Waals surface area contributed by atoms with E-state index in [1.54, 1.807) is 12.1 Å². The van der Waals surface area contributed by atoms with Crippen molar-refractivity contribution in [2.45, 2.75) is 52.1 Å². The molecule has 0 saturated carbocycles. The van der Waals surface area contributed by atoms with Gasteiger partial charge in [-0.3, -0.25) is 0 Å². The number of aryl methyl sites for hydroxylation is 1. The molecule has 3 heteroatoms. The van der Waals surface area contributed by atoms with Crippen LogP contribution in [0.5, 0.6) is 11.5 Å². The minimum Gasteiger partial charge on any atom is -0.504 e. The van der Waals surface area contributed by atoms with Crippen LogP contribution in [0.1, 0.15) is 45.6 Å². The number of allylic oxidation sites excluding steroid dienone is 2. The Morgan fingerprint density at radius 2 is 1.89 bits per heavy atom. The number of phenols is 2. The number of aliphatic hydroxyl groups is 1. The molecule has 1 atom stereocenters. The molecule has 0 radical (unpaired) electrons. The van der Waals surface area contributed by atoms with Crippen molar-refractivity contribution < 1.29 is 15.3 Å². The summed E-state index contributed by atoms with van der Waals surface area (Å²) < 4.78 is 0. The van der Waals surface area contributed by atoms with Gasteiger partial charge in [0.15, 0.2) is 11.5 Å². The van der Waals surface area contributed by atoms with Gasteiger partial charge in [0.2, 0.25) is 0 Å². The molecule has 106 valence electrons. The fraction of sp³-hybridized carbons (Fsp3) is 0.500. The fourth-order valence-electron chi connectivity index (χ4n) is 1.98. The van der Waals surface area contributed by atoms with Gasteiger partial charge in [-0.25, -0.2) is 0 Å². The average molecular weight is 264 g/mol. The predicted molar refractivity (Wildman–Crippen MR) is 77.4 cm³/mol. The van der Waals surface area contributed by atoms with Gasteiger partial charge in [0, 0.05) is 0 Å². The number of hydrogen-bond donors (Lipinski definition) is 3. The van der Waals surface area contributed by atoms with Gasteiger partial charge in [-0.05, 0) is 58.1 Å². The summed E-state index contributed by atoms with van der Waals surface area (Å²) in [7, 11) is 0. The molecule has 1 unspecified atom stereocenters. The fourth-order valence-corrected chi connectivity index (χ4v) is 1.98. The van der Waals surface area contributed by atoms with Crippen molar-refractivity contribution in [3.63, 3.8) is 0 Å². The van der Waals surface area contributed by atoms with E-state index >= 15 is 0 Å². The predicted octanol–water partition coefficient (Wildman–Crippen LogP) is 3.53. The molecule has 0 bridgehead atoms. The van der Waals surface area contributed by atoms with Crippen LogP contribution in [0.2, 0.25) is 0 Å². The Morgan fingerprint density at radius 1 is 1.21 bits per heavy atom. The molecule has 0 saturated heterocycles. The normalized spacial score (nSPS) is 13.9. The molecule has 3 N–H and O–H groups in total. The van der Waals surface area contributed by atoms with E-state index in [0.29, 0.717) is 24.8 Å². The van der Waals surface area contributed by atoms with E-state index in [2.05, 4.69) is 6.08 Å².